The maximum atomic E-state index is 12.9. The fourth-order valence-corrected chi connectivity index (χ4v) is 1.56. The van der Waals surface area contributed by atoms with Crippen molar-refractivity contribution in [2.24, 2.45) is 0 Å². The van der Waals surface area contributed by atoms with E-state index in [9.17, 15) is 26.7 Å². The Bertz CT molecular complexity index is 599. The summed E-state index contributed by atoms with van der Waals surface area (Å²) in [5, 5.41) is 0.0337. The highest BCUT2D eigenvalue weighted by Gasteiger charge is 2.63. The Morgan fingerprint density at radius 1 is 1.06 bits per heavy atom. The monoisotopic (exact) mass is 263 g/mol. The van der Waals surface area contributed by atoms with Crippen molar-refractivity contribution in [2.75, 3.05) is 0 Å². The lowest BCUT2D eigenvalue weighted by Crippen LogP contribution is -2.44. The molecule has 18 heavy (non-hydrogen) atoms. The fraction of sp³-hybridized carbons (Fsp3) is 0.182. The number of hydrogen-bond acceptors (Lipinski definition) is 1. The summed E-state index contributed by atoms with van der Waals surface area (Å²) in [5.41, 5.74) is -0.355. The Morgan fingerprint density at radius 3 is 2.28 bits per heavy atom. The van der Waals surface area contributed by atoms with E-state index in [0.29, 0.717) is 5.52 Å². The second kappa shape index (κ2) is 3.79. The lowest BCUT2D eigenvalue weighted by molar-refractivity contribution is -0.255. The van der Waals surface area contributed by atoms with Gasteiger partial charge in [-0.2, -0.15) is 22.0 Å². The van der Waals surface area contributed by atoms with E-state index >= 15 is 0 Å². The zero-order valence-electron chi connectivity index (χ0n) is 8.68. The highest BCUT2D eigenvalue weighted by atomic mass is 19.4. The van der Waals surface area contributed by atoms with Crippen LogP contribution >= 0.6 is 0 Å². The van der Waals surface area contributed by atoms with Gasteiger partial charge in [0.25, 0.3) is 0 Å². The predicted octanol–water partition coefficient (Wildman–Crippen LogP) is 3.55. The number of aromatic amines is 1. The van der Waals surface area contributed by atoms with Crippen LogP contribution in [0.4, 0.5) is 22.0 Å². The predicted molar refractivity (Wildman–Crippen MR) is 53.6 cm³/mol. The number of carbonyl (C=O) groups excluding carboxylic acids is 1. The molecule has 2 aromatic rings. The molecule has 0 fully saturated rings. The SMILES string of the molecule is O=C(c1c[nH]c2ccccc12)C(F)(F)C(F)(F)F. The van der Waals surface area contributed by atoms with E-state index in [1.165, 1.54) is 18.2 Å². The highest BCUT2D eigenvalue weighted by molar-refractivity contribution is 6.11. The Balaban J connectivity index is 2.53. The van der Waals surface area contributed by atoms with Gasteiger partial charge in [-0.05, 0) is 6.07 Å². The van der Waals surface area contributed by atoms with Gasteiger partial charge >= 0.3 is 12.1 Å². The van der Waals surface area contributed by atoms with Gasteiger partial charge in [0.15, 0.2) is 0 Å². The minimum atomic E-state index is -5.90. The number of nitrogens with one attached hydrogen (secondary N) is 1. The smallest absolute Gasteiger partial charge is 0.360 e. The minimum absolute atomic E-state index is 0.0337. The summed E-state index contributed by atoms with van der Waals surface area (Å²) in [6, 6.07) is 5.77. The number of alkyl halides is 5. The molecule has 0 bridgehead atoms. The molecule has 1 aromatic heterocycles. The van der Waals surface area contributed by atoms with Gasteiger partial charge in [-0.15, -0.1) is 0 Å². The molecule has 0 aliphatic carbocycles. The third kappa shape index (κ3) is 1.75. The Kier molecular flexibility index (Phi) is 2.64. The van der Waals surface area contributed by atoms with Crippen LogP contribution in [0.5, 0.6) is 0 Å². The van der Waals surface area contributed by atoms with E-state index in [4.69, 9.17) is 0 Å². The molecular formula is C11H6F5NO. The molecule has 0 aliphatic rings. The molecule has 0 amide bonds. The summed E-state index contributed by atoms with van der Waals surface area (Å²) in [6.45, 7) is 0. The second-order valence-corrected chi connectivity index (χ2v) is 3.65. The molecule has 0 saturated carbocycles. The molecule has 0 atom stereocenters. The fourth-order valence-electron chi connectivity index (χ4n) is 1.56. The van der Waals surface area contributed by atoms with Gasteiger partial charge in [0, 0.05) is 22.7 Å². The summed E-state index contributed by atoms with van der Waals surface area (Å²) in [6.07, 6.45) is -5.05. The zero-order chi connectivity index (χ0) is 13.6. The third-order valence-electron chi connectivity index (χ3n) is 2.48. The molecular weight excluding hydrogens is 257 g/mol. The van der Waals surface area contributed by atoms with Crippen LogP contribution in [-0.2, 0) is 0 Å². The van der Waals surface area contributed by atoms with Gasteiger partial charge in [-0.25, -0.2) is 0 Å². The molecule has 2 nitrogen and oxygen atoms in total. The van der Waals surface area contributed by atoms with Crippen molar-refractivity contribution in [3.05, 3.63) is 36.0 Å². The Morgan fingerprint density at radius 2 is 1.67 bits per heavy atom. The first-order valence-electron chi connectivity index (χ1n) is 4.80. The van der Waals surface area contributed by atoms with Crippen LogP contribution in [0.15, 0.2) is 30.5 Å². The number of ketones is 1. The van der Waals surface area contributed by atoms with Gasteiger partial charge in [0.1, 0.15) is 0 Å². The summed E-state index contributed by atoms with van der Waals surface area (Å²) >= 11 is 0. The van der Waals surface area contributed by atoms with Crippen LogP contribution in [0.25, 0.3) is 10.9 Å². The molecule has 0 radical (unpaired) electrons. The first-order chi connectivity index (χ1) is 8.25. The van der Waals surface area contributed by atoms with Crippen molar-refractivity contribution in [1.82, 2.24) is 4.98 Å². The first kappa shape index (κ1) is 12.5. The van der Waals surface area contributed by atoms with Crippen molar-refractivity contribution >= 4 is 16.7 Å². The quantitative estimate of drug-likeness (QED) is 0.652. The molecule has 0 aliphatic heterocycles. The number of aromatic nitrogens is 1. The zero-order valence-corrected chi connectivity index (χ0v) is 8.68. The number of carbonyl (C=O) groups is 1. The number of benzene rings is 1. The van der Waals surface area contributed by atoms with Crippen LogP contribution in [0, 0.1) is 0 Å². The molecule has 2 rings (SSSR count). The number of Topliss-reactive ketones (excluding diaryl/α,β-unsaturated/α-hetero) is 1. The van der Waals surface area contributed by atoms with Crippen molar-refractivity contribution in [3.63, 3.8) is 0 Å². The average molecular weight is 263 g/mol. The van der Waals surface area contributed by atoms with E-state index in [2.05, 4.69) is 4.98 Å². The standard InChI is InChI=1S/C11H6F5NO/c12-10(13,11(14,15)16)9(18)7-5-17-8-4-2-1-3-6(7)8/h1-5,17H. The largest absolute Gasteiger partial charge is 0.461 e. The number of fused-ring (bicyclic) bond motifs is 1. The molecule has 1 heterocycles. The van der Waals surface area contributed by atoms with Crippen LogP contribution in [0.1, 0.15) is 10.4 Å². The van der Waals surface area contributed by atoms with Crippen LogP contribution < -0.4 is 0 Å². The molecule has 96 valence electrons. The maximum absolute atomic E-state index is 12.9. The molecule has 0 saturated heterocycles. The summed E-state index contributed by atoms with van der Waals surface area (Å²) in [7, 11) is 0. The van der Waals surface area contributed by atoms with Gasteiger partial charge in [0.05, 0.1) is 0 Å². The lowest BCUT2D eigenvalue weighted by Gasteiger charge is -2.17. The molecule has 1 aromatic carbocycles. The summed E-state index contributed by atoms with van der Waals surface area (Å²) < 4.78 is 62.1. The van der Waals surface area contributed by atoms with Gasteiger partial charge in [0.2, 0.25) is 5.78 Å². The molecule has 0 spiro atoms. The number of para-hydroxylation sites is 1. The van der Waals surface area contributed by atoms with Crippen LogP contribution in [-0.4, -0.2) is 22.9 Å². The topological polar surface area (TPSA) is 32.9 Å². The van der Waals surface area contributed by atoms with E-state index in [0.717, 1.165) is 6.20 Å². The molecule has 7 heteroatoms. The number of H-pyrrole nitrogens is 1. The normalized spacial score (nSPS) is 12.9. The van der Waals surface area contributed by atoms with E-state index in [1.54, 1.807) is 6.07 Å². The molecule has 0 unspecified atom stereocenters. The van der Waals surface area contributed by atoms with E-state index in [1.807, 2.05) is 0 Å². The third-order valence-corrected chi connectivity index (χ3v) is 2.48. The Hall–Kier alpha value is -1.92. The van der Waals surface area contributed by atoms with Gasteiger partial charge < -0.3 is 4.98 Å². The minimum Gasteiger partial charge on any atom is -0.360 e. The lowest BCUT2D eigenvalue weighted by atomic mass is 10.0. The van der Waals surface area contributed by atoms with Crippen LogP contribution in [0.2, 0.25) is 0 Å². The van der Waals surface area contributed by atoms with Crippen molar-refractivity contribution in [3.8, 4) is 0 Å². The summed E-state index contributed by atoms with van der Waals surface area (Å²) in [4.78, 5) is 13.8. The van der Waals surface area contributed by atoms with Crippen molar-refractivity contribution < 1.29 is 26.7 Å². The van der Waals surface area contributed by atoms with Gasteiger partial charge in [-0.3, -0.25) is 4.79 Å². The maximum Gasteiger partial charge on any atom is 0.461 e. The average Bonchev–Trinajstić information content (AvgIpc) is 2.70. The number of halogens is 5. The van der Waals surface area contributed by atoms with Gasteiger partial charge in [-0.1, -0.05) is 18.2 Å². The van der Waals surface area contributed by atoms with Crippen molar-refractivity contribution in [2.45, 2.75) is 12.1 Å². The number of rotatable bonds is 2. The van der Waals surface area contributed by atoms with Crippen LogP contribution in [0.3, 0.4) is 0 Å². The highest BCUT2D eigenvalue weighted by Crippen LogP contribution is 2.39. The van der Waals surface area contributed by atoms with E-state index < -0.39 is 23.4 Å². The molecule has 1 N–H and O–H groups in total. The van der Waals surface area contributed by atoms with E-state index in [-0.39, 0.29) is 5.39 Å². The van der Waals surface area contributed by atoms with Crippen molar-refractivity contribution in [1.29, 1.82) is 0 Å². The second-order valence-electron chi connectivity index (χ2n) is 3.65. The Labute approximate surface area is 97.4 Å². The first-order valence-corrected chi connectivity index (χ1v) is 4.80. The summed E-state index contributed by atoms with van der Waals surface area (Å²) in [5.74, 6) is -7.65. The number of hydrogen-bond donors (Lipinski definition) is 1.